The molecule has 17 heavy (non-hydrogen) atoms. The van der Waals surface area contributed by atoms with E-state index in [-0.39, 0.29) is 23.9 Å². The van der Waals surface area contributed by atoms with Gasteiger partial charge in [-0.15, -0.1) is 0 Å². The summed E-state index contributed by atoms with van der Waals surface area (Å²) in [4.78, 5) is 11.7. The Bertz CT molecular complexity index is 226. The Labute approximate surface area is 108 Å². The number of aliphatic hydroxyl groups is 2. The van der Waals surface area contributed by atoms with Crippen LogP contribution in [0, 0.1) is 0 Å². The van der Waals surface area contributed by atoms with E-state index in [9.17, 15) is 15.0 Å². The van der Waals surface area contributed by atoms with Crippen LogP contribution in [0.25, 0.3) is 0 Å². The lowest BCUT2D eigenvalue weighted by Crippen LogP contribution is -2.53. The molecule has 0 rings (SSSR count). The molecule has 0 atom stereocenters. The van der Waals surface area contributed by atoms with Crippen molar-refractivity contribution in [1.82, 2.24) is 5.32 Å². The highest BCUT2D eigenvalue weighted by Gasteiger charge is 2.28. The molecule has 0 aliphatic heterocycles. The molecule has 0 aliphatic carbocycles. The molecule has 0 radical (unpaired) electrons. The minimum absolute atomic E-state index is 0.119. The first-order valence-electron chi connectivity index (χ1n) is 5.95. The number of thioether (sulfide) groups is 1. The van der Waals surface area contributed by atoms with Crippen LogP contribution < -0.4 is 5.32 Å². The third-order valence-corrected chi connectivity index (χ3v) is 3.83. The fourth-order valence-electron chi connectivity index (χ4n) is 1.25. The van der Waals surface area contributed by atoms with Gasteiger partial charge in [0.1, 0.15) is 0 Å². The number of carbonyl (C=O) groups is 1. The number of hydrogen-bond acceptors (Lipinski definition) is 4. The molecule has 0 saturated heterocycles. The Kier molecular flexibility index (Phi) is 7.13. The Hall–Kier alpha value is -0.260. The van der Waals surface area contributed by atoms with Crippen molar-refractivity contribution in [3.8, 4) is 0 Å². The van der Waals surface area contributed by atoms with Gasteiger partial charge in [-0.25, -0.2) is 0 Å². The van der Waals surface area contributed by atoms with E-state index < -0.39 is 5.54 Å². The molecule has 0 saturated carbocycles. The SMILES string of the molecule is CCC(CO)(CO)NC(=O)CCSC(C)(C)C. The van der Waals surface area contributed by atoms with Crippen molar-refractivity contribution in [1.29, 1.82) is 0 Å². The number of aliphatic hydroxyl groups excluding tert-OH is 2. The molecule has 0 aromatic rings. The minimum Gasteiger partial charge on any atom is -0.394 e. The summed E-state index contributed by atoms with van der Waals surface area (Å²) in [5.41, 5.74) is -0.872. The second-order valence-electron chi connectivity index (χ2n) is 5.21. The molecule has 102 valence electrons. The molecule has 3 N–H and O–H groups in total. The average Bonchev–Trinajstić information content (AvgIpc) is 2.24. The van der Waals surface area contributed by atoms with E-state index >= 15 is 0 Å². The lowest BCUT2D eigenvalue weighted by molar-refractivity contribution is -0.124. The number of carbonyl (C=O) groups excluding carboxylic acids is 1. The van der Waals surface area contributed by atoms with Crippen LogP contribution in [0.5, 0.6) is 0 Å². The fourth-order valence-corrected chi connectivity index (χ4v) is 2.15. The molecule has 4 nitrogen and oxygen atoms in total. The molecule has 0 aromatic carbocycles. The summed E-state index contributed by atoms with van der Waals surface area (Å²) in [5, 5.41) is 21.1. The summed E-state index contributed by atoms with van der Waals surface area (Å²) in [7, 11) is 0. The maximum atomic E-state index is 11.7. The predicted octanol–water partition coefficient (Wildman–Crippen LogP) is 1.16. The Morgan fingerprint density at radius 3 is 2.12 bits per heavy atom. The molecule has 0 heterocycles. The topological polar surface area (TPSA) is 69.6 Å². The molecular weight excluding hydrogens is 238 g/mol. The van der Waals surface area contributed by atoms with Gasteiger partial charge < -0.3 is 15.5 Å². The molecule has 5 heteroatoms. The van der Waals surface area contributed by atoms with Gasteiger partial charge in [0.15, 0.2) is 0 Å². The molecule has 0 aromatic heterocycles. The van der Waals surface area contributed by atoms with E-state index in [1.807, 2.05) is 6.92 Å². The van der Waals surface area contributed by atoms with E-state index in [4.69, 9.17) is 0 Å². The van der Waals surface area contributed by atoms with Crippen molar-refractivity contribution in [2.24, 2.45) is 0 Å². The summed E-state index contributed by atoms with van der Waals surface area (Å²) in [6, 6.07) is 0. The van der Waals surface area contributed by atoms with Crippen molar-refractivity contribution in [3.05, 3.63) is 0 Å². The number of hydrogen-bond donors (Lipinski definition) is 3. The van der Waals surface area contributed by atoms with E-state index in [2.05, 4.69) is 26.1 Å². The van der Waals surface area contributed by atoms with Gasteiger partial charge in [0.05, 0.1) is 18.8 Å². The summed E-state index contributed by atoms with van der Waals surface area (Å²) in [5.74, 6) is 0.623. The van der Waals surface area contributed by atoms with E-state index in [1.54, 1.807) is 11.8 Å². The van der Waals surface area contributed by atoms with E-state index in [1.165, 1.54) is 0 Å². The highest BCUT2D eigenvalue weighted by molar-refractivity contribution is 8.00. The average molecular weight is 263 g/mol. The highest BCUT2D eigenvalue weighted by Crippen LogP contribution is 2.23. The lowest BCUT2D eigenvalue weighted by atomic mass is 9.98. The van der Waals surface area contributed by atoms with Crippen molar-refractivity contribution in [2.45, 2.75) is 50.8 Å². The van der Waals surface area contributed by atoms with Gasteiger partial charge in [0.2, 0.25) is 5.91 Å². The summed E-state index contributed by atoms with van der Waals surface area (Å²) in [6.45, 7) is 7.67. The number of nitrogens with one attached hydrogen (secondary N) is 1. The van der Waals surface area contributed by atoms with Gasteiger partial charge in [0, 0.05) is 16.9 Å². The van der Waals surface area contributed by atoms with Crippen LogP contribution in [-0.4, -0.2) is 45.4 Å². The molecule has 0 fully saturated rings. The first-order chi connectivity index (χ1) is 7.78. The zero-order chi connectivity index (χ0) is 13.5. The second-order valence-corrected chi connectivity index (χ2v) is 7.13. The van der Waals surface area contributed by atoms with Crippen molar-refractivity contribution < 1.29 is 15.0 Å². The number of rotatable bonds is 7. The molecule has 0 unspecified atom stereocenters. The van der Waals surface area contributed by atoms with Crippen LogP contribution in [0.3, 0.4) is 0 Å². The van der Waals surface area contributed by atoms with Gasteiger partial charge in [-0.3, -0.25) is 4.79 Å². The summed E-state index contributed by atoms with van der Waals surface area (Å²) >= 11 is 1.72. The van der Waals surface area contributed by atoms with E-state index in [0.29, 0.717) is 12.8 Å². The molecule has 0 aliphatic rings. The first kappa shape index (κ1) is 16.7. The quantitative estimate of drug-likeness (QED) is 0.644. The molecule has 1 amide bonds. The number of amides is 1. The smallest absolute Gasteiger partial charge is 0.221 e. The summed E-state index contributed by atoms with van der Waals surface area (Å²) < 4.78 is 0.149. The third-order valence-electron chi connectivity index (χ3n) is 2.55. The third kappa shape index (κ3) is 6.91. The first-order valence-corrected chi connectivity index (χ1v) is 6.94. The lowest BCUT2D eigenvalue weighted by Gasteiger charge is -2.29. The monoisotopic (exact) mass is 263 g/mol. The maximum Gasteiger partial charge on any atom is 0.221 e. The van der Waals surface area contributed by atoms with Crippen LogP contribution in [-0.2, 0) is 4.79 Å². The Morgan fingerprint density at radius 2 is 1.76 bits per heavy atom. The maximum absolute atomic E-state index is 11.7. The van der Waals surface area contributed by atoms with Crippen LogP contribution in [0.1, 0.15) is 40.5 Å². The van der Waals surface area contributed by atoms with Crippen molar-refractivity contribution in [3.63, 3.8) is 0 Å². The molecular formula is C12H25NO3S. The normalized spacial score (nSPS) is 12.6. The standard InChI is InChI=1S/C12H25NO3S/c1-5-12(8-14,9-15)13-10(16)6-7-17-11(2,3)4/h14-15H,5-9H2,1-4H3,(H,13,16). The fraction of sp³-hybridized carbons (Fsp3) is 0.917. The van der Waals surface area contributed by atoms with Crippen LogP contribution in [0.4, 0.5) is 0 Å². The van der Waals surface area contributed by atoms with Gasteiger partial charge in [-0.2, -0.15) is 11.8 Å². The Balaban J connectivity index is 4.08. The Morgan fingerprint density at radius 1 is 1.24 bits per heavy atom. The van der Waals surface area contributed by atoms with Gasteiger partial charge in [0.25, 0.3) is 0 Å². The van der Waals surface area contributed by atoms with Crippen LogP contribution in [0.2, 0.25) is 0 Å². The predicted molar refractivity (Wildman–Crippen MR) is 72.2 cm³/mol. The van der Waals surface area contributed by atoms with E-state index in [0.717, 1.165) is 5.75 Å². The minimum atomic E-state index is -0.872. The largest absolute Gasteiger partial charge is 0.394 e. The zero-order valence-electron chi connectivity index (χ0n) is 11.2. The van der Waals surface area contributed by atoms with Crippen molar-refractivity contribution in [2.75, 3.05) is 19.0 Å². The van der Waals surface area contributed by atoms with Crippen LogP contribution >= 0.6 is 11.8 Å². The highest BCUT2D eigenvalue weighted by atomic mass is 32.2. The van der Waals surface area contributed by atoms with Gasteiger partial charge in [-0.1, -0.05) is 27.7 Å². The zero-order valence-corrected chi connectivity index (χ0v) is 12.1. The van der Waals surface area contributed by atoms with Crippen molar-refractivity contribution >= 4 is 17.7 Å². The molecule has 0 bridgehead atoms. The second kappa shape index (κ2) is 7.24. The van der Waals surface area contributed by atoms with Gasteiger partial charge in [-0.05, 0) is 6.42 Å². The summed E-state index contributed by atoms with van der Waals surface area (Å²) in [6.07, 6.45) is 0.918. The molecule has 0 spiro atoms. The van der Waals surface area contributed by atoms with Gasteiger partial charge >= 0.3 is 0 Å². The van der Waals surface area contributed by atoms with Crippen LogP contribution in [0.15, 0.2) is 0 Å².